The molecule has 2 heterocycles. The van der Waals surface area contributed by atoms with Gasteiger partial charge in [0, 0.05) is 32.2 Å². The number of piperazine rings is 1. The lowest BCUT2D eigenvalue weighted by molar-refractivity contribution is -0.138. The number of fused-ring (bicyclic) bond motifs is 1. The van der Waals surface area contributed by atoms with Gasteiger partial charge in [-0.05, 0) is 43.4 Å². The Labute approximate surface area is 190 Å². The van der Waals surface area contributed by atoms with E-state index < -0.39 is 5.41 Å². The lowest BCUT2D eigenvalue weighted by Crippen LogP contribution is -2.57. The van der Waals surface area contributed by atoms with Crippen molar-refractivity contribution in [1.29, 1.82) is 0 Å². The van der Waals surface area contributed by atoms with Crippen molar-refractivity contribution in [3.05, 3.63) is 23.8 Å². The summed E-state index contributed by atoms with van der Waals surface area (Å²) in [5.41, 5.74) is 0.559. The van der Waals surface area contributed by atoms with E-state index >= 15 is 0 Å². The number of amides is 3. The topological polar surface area (TPSA) is 71.1 Å². The van der Waals surface area contributed by atoms with Crippen molar-refractivity contribution in [2.45, 2.75) is 69.2 Å². The summed E-state index contributed by atoms with van der Waals surface area (Å²) in [6.07, 6.45) is 9.71. The van der Waals surface area contributed by atoms with Crippen LogP contribution in [0.5, 0.6) is 11.5 Å². The molecule has 2 aliphatic heterocycles. The molecule has 0 spiro atoms. The normalized spacial score (nSPS) is 23.1. The minimum absolute atomic E-state index is 0.0337. The van der Waals surface area contributed by atoms with Crippen LogP contribution in [0.1, 0.15) is 63.4 Å². The van der Waals surface area contributed by atoms with Gasteiger partial charge >= 0.3 is 6.03 Å². The molecule has 1 saturated heterocycles. The minimum atomic E-state index is -0.484. The third-order valence-electron chi connectivity index (χ3n) is 7.75. The SMILES string of the molecule is O=C(NC1CCCCC1)N1CCN(C(=O)C2(c3ccc4c(c3)OCCO4)CCCC2)CC1. The predicted molar refractivity (Wildman–Crippen MR) is 121 cm³/mol. The maximum atomic E-state index is 13.8. The van der Waals surface area contributed by atoms with E-state index in [1.807, 2.05) is 28.0 Å². The maximum Gasteiger partial charge on any atom is 0.317 e. The summed E-state index contributed by atoms with van der Waals surface area (Å²) in [6, 6.07) is 6.36. The van der Waals surface area contributed by atoms with Gasteiger partial charge < -0.3 is 24.6 Å². The molecular weight excluding hydrogens is 406 g/mol. The van der Waals surface area contributed by atoms with Gasteiger partial charge in [-0.15, -0.1) is 0 Å². The molecule has 0 radical (unpaired) electrons. The summed E-state index contributed by atoms with van der Waals surface area (Å²) in [7, 11) is 0. The number of urea groups is 1. The average Bonchev–Trinajstić information content (AvgIpc) is 3.35. The molecular formula is C25H35N3O4. The Morgan fingerprint density at radius 2 is 1.50 bits per heavy atom. The molecule has 2 saturated carbocycles. The summed E-state index contributed by atoms with van der Waals surface area (Å²) in [5, 5.41) is 3.21. The molecule has 0 aromatic heterocycles. The Morgan fingerprint density at radius 3 is 2.22 bits per heavy atom. The zero-order chi connectivity index (χ0) is 22.0. The van der Waals surface area contributed by atoms with Crippen LogP contribution >= 0.6 is 0 Å². The number of rotatable bonds is 3. The summed E-state index contributed by atoms with van der Waals surface area (Å²) >= 11 is 0. The van der Waals surface area contributed by atoms with E-state index in [9.17, 15) is 9.59 Å². The van der Waals surface area contributed by atoms with Crippen molar-refractivity contribution in [3.63, 3.8) is 0 Å². The minimum Gasteiger partial charge on any atom is -0.486 e. The van der Waals surface area contributed by atoms with Crippen LogP contribution in [-0.2, 0) is 10.2 Å². The van der Waals surface area contributed by atoms with Gasteiger partial charge in [0.2, 0.25) is 5.91 Å². The second-order valence-corrected chi connectivity index (χ2v) is 9.71. The predicted octanol–water partition coefficient (Wildman–Crippen LogP) is 3.46. The fourth-order valence-corrected chi connectivity index (χ4v) is 5.87. The van der Waals surface area contributed by atoms with E-state index in [-0.39, 0.29) is 11.9 Å². The van der Waals surface area contributed by atoms with Crippen molar-refractivity contribution in [2.24, 2.45) is 0 Å². The van der Waals surface area contributed by atoms with Crippen LogP contribution < -0.4 is 14.8 Å². The van der Waals surface area contributed by atoms with E-state index in [4.69, 9.17) is 9.47 Å². The summed E-state index contributed by atoms with van der Waals surface area (Å²) in [6.45, 7) is 3.51. The van der Waals surface area contributed by atoms with Gasteiger partial charge in [0.25, 0.3) is 0 Å². The first-order valence-corrected chi connectivity index (χ1v) is 12.4. The maximum absolute atomic E-state index is 13.8. The largest absolute Gasteiger partial charge is 0.486 e. The summed E-state index contributed by atoms with van der Waals surface area (Å²) < 4.78 is 11.5. The van der Waals surface area contributed by atoms with Gasteiger partial charge in [-0.2, -0.15) is 0 Å². The molecule has 1 N–H and O–H groups in total. The Morgan fingerprint density at radius 1 is 0.844 bits per heavy atom. The number of hydrogen-bond acceptors (Lipinski definition) is 4. The van der Waals surface area contributed by atoms with Crippen molar-refractivity contribution in [1.82, 2.24) is 15.1 Å². The Bertz CT molecular complexity index is 838. The first kappa shape index (κ1) is 21.4. The van der Waals surface area contributed by atoms with Gasteiger partial charge in [-0.25, -0.2) is 4.79 Å². The fourth-order valence-electron chi connectivity index (χ4n) is 5.87. The first-order chi connectivity index (χ1) is 15.7. The van der Waals surface area contributed by atoms with Crippen LogP contribution in [0.3, 0.4) is 0 Å². The van der Waals surface area contributed by atoms with E-state index in [1.165, 1.54) is 19.3 Å². The third kappa shape index (κ3) is 4.14. The number of nitrogens with one attached hydrogen (secondary N) is 1. The van der Waals surface area contributed by atoms with Crippen LogP contribution in [0.15, 0.2) is 18.2 Å². The third-order valence-corrected chi connectivity index (χ3v) is 7.75. The van der Waals surface area contributed by atoms with Gasteiger partial charge in [0.05, 0.1) is 5.41 Å². The average molecular weight is 442 g/mol. The standard InChI is InChI=1S/C25H35N3O4/c29-23(27-12-14-28(15-13-27)24(30)26-20-6-2-1-3-7-20)25(10-4-5-11-25)19-8-9-21-22(18-19)32-17-16-31-21/h8-9,18,20H,1-7,10-17H2,(H,26,30). The molecule has 4 aliphatic rings. The number of ether oxygens (including phenoxy) is 2. The van der Waals surface area contributed by atoms with Crippen molar-refractivity contribution < 1.29 is 19.1 Å². The summed E-state index contributed by atoms with van der Waals surface area (Å²) in [4.78, 5) is 30.4. The molecule has 3 fully saturated rings. The van der Waals surface area contributed by atoms with Crippen molar-refractivity contribution in [3.8, 4) is 11.5 Å². The second kappa shape index (κ2) is 9.20. The fraction of sp³-hybridized carbons (Fsp3) is 0.680. The Balaban J connectivity index is 1.24. The highest BCUT2D eigenvalue weighted by Crippen LogP contribution is 2.45. The van der Waals surface area contributed by atoms with Gasteiger partial charge in [-0.1, -0.05) is 38.2 Å². The van der Waals surface area contributed by atoms with E-state index in [1.54, 1.807) is 0 Å². The van der Waals surface area contributed by atoms with Crippen molar-refractivity contribution >= 4 is 11.9 Å². The smallest absolute Gasteiger partial charge is 0.317 e. The lowest BCUT2D eigenvalue weighted by Gasteiger charge is -2.40. The van der Waals surface area contributed by atoms with Crippen LogP contribution in [0.2, 0.25) is 0 Å². The molecule has 2 aliphatic carbocycles. The number of nitrogens with zero attached hydrogens (tertiary/aromatic N) is 2. The highest BCUT2D eigenvalue weighted by molar-refractivity contribution is 5.89. The molecule has 32 heavy (non-hydrogen) atoms. The van der Waals surface area contributed by atoms with E-state index in [0.717, 1.165) is 55.6 Å². The molecule has 0 unspecified atom stereocenters. The second-order valence-electron chi connectivity index (χ2n) is 9.71. The highest BCUT2D eigenvalue weighted by atomic mass is 16.6. The van der Waals surface area contributed by atoms with Gasteiger partial charge in [-0.3, -0.25) is 4.79 Å². The number of carbonyl (C=O) groups is 2. The van der Waals surface area contributed by atoms with Crippen LogP contribution in [0, 0.1) is 0 Å². The molecule has 0 bridgehead atoms. The monoisotopic (exact) mass is 441 g/mol. The van der Waals surface area contributed by atoms with Gasteiger partial charge in [0.1, 0.15) is 13.2 Å². The zero-order valence-corrected chi connectivity index (χ0v) is 18.9. The zero-order valence-electron chi connectivity index (χ0n) is 18.9. The van der Waals surface area contributed by atoms with E-state index in [2.05, 4.69) is 5.32 Å². The summed E-state index contributed by atoms with van der Waals surface area (Å²) in [5.74, 6) is 1.72. The number of hydrogen-bond donors (Lipinski definition) is 1. The first-order valence-electron chi connectivity index (χ1n) is 12.4. The van der Waals surface area contributed by atoms with Crippen LogP contribution in [-0.4, -0.2) is 67.2 Å². The molecule has 1 aromatic rings. The molecule has 7 heteroatoms. The molecule has 3 amide bonds. The van der Waals surface area contributed by atoms with E-state index in [0.29, 0.717) is 45.4 Å². The van der Waals surface area contributed by atoms with Crippen molar-refractivity contribution in [2.75, 3.05) is 39.4 Å². The molecule has 7 nitrogen and oxygen atoms in total. The lowest BCUT2D eigenvalue weighted by atomic mass is 9.77. The molecule has 174 valence electrons. The van der Waals surface area contributed by atoms with Crippen LogP contribution in [0.4, 0.5) is 4.79 Å². The van der Waals surface area contributed by atoms with Gasteiger partial charge in [0.15, 0.2) is 11.5 Å². The van der Waals surface area contributed by atoms with Crippen LogP contribution in [0.25, 0.3) is 0 Å². The Hall–Kier alpha value is -2.44. The number of carbonyl (C=O) groups excluding carboxylic acids is 2. The number of benzene rings is 1. The Kier molecular flexibility index (Phi) is 6.15. The highest BCUT2D eigenvalue weighted by Gasteiger charge is 2.46. The molecule has 1 aromatic carbocycles. The quantitative estimate of drug-likeness (QED) is 0.780. The molecule has 0 atom stereocenters. The molecule has 5 rings (SSSR count).